The Morgan fingerprint density at radius 3 is 1.42 bits per heavy atom. The zero-order valence-electron chi connectivity index (χ0n) is 19.1. The van der Waals surface area contributed by atoms with E-state index >= 15 is 0 Å². The zero-order chi connectivity index (χ0) is 24.4. The van der Waals surface area contributed by atoms with Gasteiger partial charge in [-0.05, 0) is 41.8 Å². The van der Waals surface area contributed by atoms with Crippen LogP contribution in [-0.4, -0.2) is 23.9 Å². The molecule has 2 aliphatic heterocycles. The molecule has 0 amide bonds. The Kier molecular flexibility index (Phi) is 9.24. The molecule has 0 fully saturated rings. The first-order chi connectivity index (χ1) is 16.0. The predicted octanol–water partition coefficient (Wildman–Crippen LogP) is 5.64. The lowest BCUT2D eigenvalue weighted by molar-refractivity contribution is 0.0425. The van der Waals surface area contributed by atoms with Gasteiger partial charge >= 0.3 is 23.9 Å². The number of esters is 4. The second-order valence-corrected chi connectivity index (χ2v) is 6.44. The number of rotatable bonds is 2. The van der Waals surface area contributed by atoms with Crippen LogP contribution in [0.5, 0.6) is 0 Å². The number of carbonyl (C=O) groups excluding carboxylic acids is 4. The molecule has 0 saturated heterocycles. The molecule has 0 N–H and O–H groups in total. The third-order valence-corrected chi connectivity index (χ3v) is 4.51. The van der Waals surface area contributed by atoms with Crippen molar-refractivity contribution in [2.24, 2.45) is 0 Å². The number of carbonyl (C=O) groups is 4. The quantitative estimate of drug-likeness (QED) is 0.374. The zero-order valence-corrected chi connectivity index (χ0v) is 19.1. The van der Waals surface area contributed by atoms with Crippen molar-refractivity contribution in [3.05, 3.63) is 106 Å². The Hall–Kier alpha value is -4.06. The molecule has 6 nitrogen and oxygen atoms in total. The monoisotopic (exact) mass is 446 g/mol. The normalized spacial score (nSPS) is 12.5. The van der Waals surface area contributed by atoms with Gasteiger partial charge in [0.1, 0.15) is 0 Å². The number of benzene rings is 3. The van der Waals surface area contributed by atoms with Gasteiger partial charge in [-0.25, -0.2) is 19.2 Å². The first-order valence-electron chi connectivity index (χ1n) is 10.8. The van der Waals surface area contributed by atoms with Crippen LogP contribution in [0.25, 0.3) is 0 Å². The summed E-state index contributed by atoms with van der Waals surface area (Å²) >= 11 is 0. The Morgan fingerprint density at radius 2 is 0.909 bits per heavy atom. The highest BCUT2D eigenvalue weighted by atomic mass is 16.6. The summed E-state index contributed by atoms with van der Waals surface area (Å²) in [5, 5.41) is 0. The topological polar surface area (TPSA) is 86.7 Å². The Labute approximate surface area is 193 Å². The van der Waals surface area contributed by atoms with Crippen molar-refractivity contribution >= 4 is 23.9 Å². The Morgan fingerprint density at radius 1 is 0.485 bits per heavy atom. The van der Waals surface area contributed by atoms with Crippen LogP contribution in [0.2, 0.25) is 0 Å². The molecule has 0 bridgehead atoms. The molecule has 33 heavy (non-hydrogen) atoms. The van der Waals surface area contributed by atoms with Gasteiger partial charge in [0.25, 0.3) is 0 Å². The number of cyclic esters (lactones) is 4. The van der Waals surface area contributed by atoms with Crippen molar-refractivity contribution in [2.45, 2.75) is 34.1 Å². The Bertz CT molecular complexity index is 1120. The van der Waals surface area contributed by atoms with Crippen molar-refractivity contribution < 1.29 is 28.7 Å². The van der Waals surface area contributed by atoms with Crippen LogP contribution in [0.3, 0.4) is 0 Å². The second kappa shape index (κ2) is 12.1. The molecule has 3 aromatic rings. The van der Waals surface area contributed by atoms with E-state index in [9.17, 15) is 19.2 Å². The fraction of sp³-hybridized carbons (Fsp3) is 0.185. The fourth-order valence-corrected chi connectivity index (χ4v) is 3.11. The molecule has 0 radical (unpaired) electrons. The van der Waals surface area contributed by atoms with Crippen LogP contribution in [0.15, 0.2) is 72.8 Å². The number of hydrogen-bond donors (Lipinski definition) is 0. The van der Waals surface area contributed by atoms with E-state index in [0.717, 1.165) is 17.5 Å². The Balaban J connectivity index is 0.000000220. The first-order valence-corrected chi connectivity index (χ1v) is 10.8. The maximum atomic E-state index is 11.4. The minimum Gasteiger partial charge on any atom is -0.386 e. The van der Waals surface area contributed by atoms with Crippen LogP contribution in [0, 0.1) is 0 Å². The maximum absolute atomic E-state index is 11.4. The minimum absolute atomic E-state index is 0.358. The van der Waals surface area contributed by atoms with E-state index in [1.54, 1.807) is 36.4 Å². The van der Waals surface area contributed by atoms with Crippen molar-refractivity contribution in [1.82, 2.24) is 0 Å². The number of hydrogen-bond acceptors (Lipinski definition) is 6. The molecule has 0 aromatic heterocycles. The van der Waals surface area contributed by atoms with Crippen LogP contribution < -0.4 is 0 Å². The highest BCUT2D eigenvalue weighted by Gasteiger charge is 2.29. The highest BCUT2D eigenvalue weighted by Crippen LogP contribution is 2.22. The van der Waals surface area contributed by atoms with E-state index < -0.39 is 23.9 Å². The molecule has 0 unspecified atom stereocenters. The summed E-state index contributed by atoms with van der Waals surface area (Å²) in [6.07, 6.45) is 0.732. The molecular weight excluding hydrogens is 420 g/mol. The van der Waals surface area contributed by atoms with Crippen molar-refractivity contribution in [3.63, 3.8) is 0 Å². The summed E-state index contributed by atoms with van der Waals surface area (Å²) in [7, 11) is 0. The van der Waals surface area contributed by atoms with Crippen molar-refractivity contribution in [1.29, 1.82) is 0 Å². The third kappa shape index (κ3) is 6.01. The van der Waals surface area contributed by atoms with Crippen LogP contribution in [0.1, 0.15) is 80.3 Å². The van der Waals surface area contributed by atoms with Gasteiger partial charge in [-0.15, -0.1) is 0 Å². The standard InChI is InChI=1S/C15H10O3.C8H4O3.2C2H6/c16-14-12-7-6-11(9-13(12)15(17)18-14)8-10-4-2-1-3-5-10;9-7-5-3-1-2-4-6(5)8(10)11-7;2*1-2/h1-7,9H,8H2;1-4H;2*1-2H3. The first kappa shape index (κ1) is 25.2. The summed E-state index contributed by atoms with van der Waals surface area (Å²) in [6.45, 7) is 8.00. The van der Waals surface area contributed by atoms with Gasteiger partial charge < -0.3 is 9.47 Å². The predicted molar refractivity (Wildman–Crippen MR) is 124 cm³/mol. The van der Waals surface area contributed by atoms with Crippen LogP contribution in [0.4, 0.5) is 0 Å². The van der Waals surface area contributed by atoms with E-state index in [1.807, 2.05) is 64.1 Å². The molecule has 0 spiro atoms. The maximum Gasteiger partial charge on any atom is 0.346 e. The van der Waals surface area contributed by atoms with Gasteiger partial charge in [0, 0.05) is 0 Å². The van der Waals surface area contributed by atoms with E-state index in [4.69, 9.17) is 0 Å². The minimum atomic E-state index is -0.554. The molecule has 0 aliphatic carbocycles. The summed E-state index contributed by atoms with van der Waals surface area (Å²) < 4.78 is 8.91. The molecule has 5 rings (SSSR count). The van der Waals surface area contributed by atoms with E-state index in [1.165, 1.54) is 0 Å². The third-order valence-electron chi connectivity index (χ3n) is 4.51. The summed E-state index contributed by atoms with van der Waals surface area (Å²) in [4.78, 5) is 44.4. The van der Waals surface area contributed by atoms with Gasteiger partial charge in [0.2, 0.25) is 0 Å². The molecule has 170 valence electrons. The number of fused-ring (bicyclic) bond motifs is 2. The second-order valence-electron chi connectivity index (χ2n) is 6.44. The SMILES string of the molecule is CC.CC.O=C1OC(=O)c2cc(Cc3ccccc3)ccc21.O=C1OC(=O)c2ccccc21. The van der Waals surface area contributed by atoms with Crippen molar-refractivity contribution in [2.75, 3.05) is 0 Å². The van der Waals surface area contributed by atoms with Crippen LogP contribution in [-0.2, 0) is 15.9 Å². The van der Waals surface area contributed by atoms with Gasteiger partial charge in [-0.2, -0.15) is 0 Å². The van der Waals surface area contributed by atoms with Gasteiger partial charge in [-0.1, -0.05) is 76.2 Å². The van der Waals surface area contributed by atoms with Crippen LogP contribution >= 0.6 is 0 Å². The molecule has 2 heterocycles. The lowest BCUT2D eigenvalue weighted by Crippen LogP contribution is -1.97. The van der Waals surface area contributed by atoms with E-state index in [-0.39, 0.29) is 0 Å². The van der Waals surface area contributed by atoms with Crippen molar-refractivity contribution in [3.8, 4) is 0 Å². The van der Waals surface area contributed by atoms with Gasteiger partial charge in [-0.3, -0.25) is 0 Å². The fourth-order valence-electron chi connectivity index (χ4n) is 3.11. The lowest BCUT2D eigenvalue weighted by atomic mass is 10.0. The van der Waals surface area contributed by atoms with E-state index in [0.29, 0.717) is 22.3 Å². The van der Waals surface area contributed by atoms with Gasteiger partial charge in [0.05, 0.1) is 22.3 Å². The smallest absolute Gasteiger partial charge is 0.346 e. The summed E-state index contributed by atoms with van der Waals surface area (Å²) in [5.74, 6) is -2.21. The van der Waals surface area contributed by atoms with E-state index in [2.05, 4.69) is 9.47 Å². The average Bonchev–Trinajstić information content (AvgIpc) is 3.31. The molecule has 2 aliphatic rings. The lowest BCUT2D eigenvalue weighted by Gasteiger charge is -2.02. The molecule has 0 saturated carbocycles. The summed E-state index contributed by atoms with van der Waals surface area (Å²) in [6, 6.07) is 21.7. The average molecular weight is 446 g/mol. The molecule has 6 heteroatoms. The summed E-state index contributed by atoms with van der Waals surface area (Å²) in [5.41, 5.74) is 3.60. The highest BCUT2D eigenvalue weighted by molar-refractivity contribution is 6.15. The number of ether oxygens (including phenoxy) is 2. The van der Waals surface area contributed by atoms with Gasteiger partial charge in [0.15, 0.2) is 0 Å². The largest absolute Gasteiger partial charge is 0.386 e. The molecule has 3 aromatic carbocycles. The molecule has 0 atom stereocenters. The molecular formula is C27H26O6.